The lowest BCUT2D eigenvalue weighted by Gasteiger charge is -1.89. The van der Waals surface area contributed by atoms with Crippen molar-refractivity contribution in [1.29, 1.82) is 0 Å². The number of rotatable bonds is 1. The summed E-state index contributed by atoms with van der Waals surface area (Å²) in [4.78, 5) is 0. The molecule has 0 unspecified atom stereocenters. The van der Waals surface area contributed by atoms with Crippen molar-refractivity contribution in [1.82, 2.24) is 0 Å². The van der Waals surface area contributed by atoms with Gasteiger partial charge in [0.2, 0.25) is 0 Å². The van der Waals surface area contributed by atoms with Crippen LogP contribution in [0.25, 0.3) is 0 Å². The third kappa shape index (κ3) is 10.9. The Morgan fingerprint density at radius 1 is 1.23 bits per heavy atom. The molecule has 0 saturated carbocycles. The van der Waals surface area contributed by atoms with E-state index in [0.29, 0.717) is 0 Å². The average molecular weight is 180 g/mol. The summed E-state index contributed by atoms with van der Waals surface area (Å²) in [5.74, 6) is 0. The molecule has 0 aliphatic heterocycles. The first-order valence-corrected chi connectivity index (χ1v) is 4.57. The second kappa shape index (κ2) is 13.5. The molecule has 1 N–H and O–H groups in total. The lowest BCUT2D eigenvalue weighted by atomic mass is 10.2. The first-order chi connectivity index (χ1) is 6.35. The van der Waals surface area contributed by atoms with E-state index in [2.05, 4.69) is 6.58 Å². The maximum atomic E-state index is 8.54. The zero-order valence-electron chi connectivity index (χ0n) is 8.83. The molecule has 0 bridgehead atoms. The predicted octanol–water partition coefficient (Wildman–Crippen LogP) is 3.40. The highest BCUT2D eigenvalue weighted by molar-refractivity contribution is 5.12. The van der Waals surface area contributed by atoms with E-state index in [1.54, 1.807) is 6.08 Å². The van der Waals surface area contributed by atoms with Crippen molar-refractivity contribution < 1.29 is 5.11 Å². The number of benzene rings is 1. The molecule has 0 spiro atoms. The van der Waals surface area contributed by atoms with Gasteiger partial charge in [-0.05, 0) is 12.5 Å². The molecule has 0 aromatic heterocycles. The molecule has 0 aliphatic carbocycles. The summed E-state index contributed by atoms with van der Waals surface area (Å²) < 4.78 is 0. The van der Waals surface area contributed by atoms with E-state index in [1.807, 2.05) is 51.1 Å². The highest BCUT2D eigenvalue weighted by Gasteiger charge is 1.81. The molecule has 74 valence electrons. The molecule has 1 heteroatoms. The summed E-state index contributed by atoms with van der Waals surface area (Å²) in [6.45, 7) is 9.39. The number of hydrogen-bond donors (Lipinski definition) is 1. The van der Waals surface area contributed by atoms with Gasteiger partial charge >= 0.3 is 0 Å². The minimum atomic E-state index is 0.140. The summed E-state index contributed by atoms with van der Waals surface area (Å²) >= 11 is 0. The number of aliphatic hydroxyl groups is 1. The van der Waals surface area contributed by atoms with Gasteiger partial charge in [-0.1, -0.05) is 50.3 Å². The van der Waals surface area contributed by atoms with E-state index in [4.69, 9.17) is 5.11 Å². The normalized spacial score (nSPS) is 7.08. The van der Waals surface area contributed by atoms with Crippen LogP contribution in [0.15, 0.2) is 43.0 Å². The molecule has 0 aliphatic rings. The van der Waals surface area contributed by atoms with Gasteiger partial charge in [0.1, 0.15) is 0 Å². The Balaban J connectivity index is 0. The van der Waals surface area contributed by atoms with Crippen LogP contribution in [0.5, 0.6) is 0 Å². The van der Waals surface area contributed by atoms with Crippen LogP contribution in [0.1, 0.15) is 26.3 Å². The van der Waals surface area contributed by atoms with Crippen molar-refractivity contribution in [3.8, 4) is 0 Å². The fourth-order valence-electron chi connectivity index (χ4n) is 0.583. The molecule has 1 aromatic rings. The summed E-state index contributed by atoms with van der Waals surface area (Å²) in [6.07, 6.45) is 1.75. The van der Waals surface area contributed by atoms with E-state index < -0.39 is 0 Å². The second-order valence-electron chi connectivity index (χ2n) is 2.05. The molecule has 1 rings (SSSR count). The zero-order chi connectivity index (χ0) is 10.5. The first-order valence-electron chi connectivity index (χ1n) is 4.57. The highest BCUT2D eigenvalue weighted by Crippen LogP contribution is 1.95. The average Bonchev–Trinajstić information content (AvgIpc) is 2.23. The van der Waals surface area contributed by atoms with Crippen molar-refractivity contribution >= 4 is 0 Å². The van der Waals surface area contributed by atoms with Gasteiger partial charge in [0.25, 0.3) is 0 Å². The summed E-state index contributed by atoms with van der Waals surface area (Å²) in [5, 5.41) is 8.54. The van der Waals surface area contributed by atoms with Crippen LogP contribution in [0, 0.1) is 0 Å². The topological polar surface area (TPSA) is 20.2 Å². The second-order valence-corrected chi connectivity index (χ2v) is 2.05. The first kappa shape index (κ1) is 14.4. The molecule has 1 aromatic carbocycles. The van der Waals surface area contributed by atoms with Gasteiger partial charge in [-0.25, -0.2) is 0 Å². The van der Waals surface area contributed by atoms with Gasteiger partial charge in [0.05, 0.1) is 6.61 Å². The van der Waals surface area contributed by atoms with E-state index in [0.717, 1.165) is 5.56 Å². The minimum absolute atomic E-state index is 0.140. The van der Waals surface area contributed by atoms with Crippen LogP contribution in [-0.2, 0) is 6.61 Å². The minimum Gasteiger partial charge on any atom is -0.392 e. The Kier molecular flexibility index (Phi) is 15.0. The molecule has 13 heavy (non-hydrogen) atoms. The van der Waals surface area contributed by atoms with E-state index >= 15 is 0 Å². The van der Waals surface area contributed by atoms with Crippen molar-refractivity contribution in [2.24, 2.45) is 0 Å². The number of hydrogen-bond acceptors (Lipinski definition) is 1. The summed E-state index contributed by atoms with van der Waals surface area (Å²) in [5.41, 5.74) is 0.965. The van der Waals surface area contributed by atoms with Crippen LogP contribution in [-0.4, -0.2) is 5.11 Å². The Labute approximate surface area is 81.7 Å². The summed E-state index contributed by atoms with van der Waals surface area (Å²) in [6, 6.07) is 9.52. The SMILES string of the molecule is C=CC.CC.OCc1ccccc1. The molecule has 0 atom stereocenters. The Hall–Kier alpha value is -1.08. The van der Waals surface area contributed by atoms with Gasteiger partial charge in [0, 0.05) is 0 Å². The van der Waals surface area contributed by atoms with E-state index in [-0.39, 0.29) is 6.61 Å². The van der Waals surface area contributed by atoms with Crippen molar-refractivity contribution in [3.63, 3.8) is 0 Å². The third-order valence-corrected chi connectivity index (χ3v) is 1.03. The quantitative estimate of drug-likeness (QED) is 0.657. The smallest absolute Gasteiger partial charge is 0.0681 e. The molecular formula is C12H20O. The van der Waals surface area contributed by atoms with Gasteiger partial charge in [0.15, 0.2) is 0 Å². The van der Waals surface area contributed by atoms with Crippen molar-refractivity contribution in [2.45, 2.75) is 27.4 Å². The van der Waals surface area contributed by atoms with E-state index in [9.17, 15) is 0 Å². The predicted molar refractivity (Wildman–Crippen MR) is 59.6 cm³/mol. The molecule has 0 saturated heterocycles. The Bertz CT molecular complexity index is 180. The largest absolute Gasteiger partial charge is 0.392 e. The fraction of sp³-hybridized carbons (Fsp3) is 0.333. The Morgan fingerprint density at radius 2 is 1.62 bits per heavy atom. The molecule has 0 fully saturated rings. The fourth-order valence-corrected chi connectivity index (χ4v) is 0.583. The zero-order valence-corrected chi connectivity index (χ0v) is 8.83. The van der Waals surface area contributed by atoms with E-state index in [1.165, 1.54) is 0 Å². The number of allylic oxidation sites excluding steroid dienone is 1. The van der Waals surface area contributed by atoms with Crippen molar-refractivity contribution in [2.75, 3.05) is 0 Å². The highest BCUT2D eigenvalue weighted by atomic mass is 16.3. The standard InChI is InChI=1S/C7H8O.C3H6.C2H6/c8-6-7-4-2-1-3-5-7;1-3-2;1-2/h1-5,8H,6H2;3H,1H2,2H3;1-2H3. The van der Waals surface area contributed by atoms with Gasteiger partial charge in [-0.15, -0.1) is 6.58 Å². The third-order valence-electron chi connectivity index (χ3n) is 1.03. The lowest BCUT2D eigenvalue weighted by molar-refractivity contribution is 0.282. The molecule has 0 radical (unpaired) electrons. The van der Waals surface area contributed by atoms with Crippen LogP contribution >= 0.6 is 0 Å². The monoisotopic (exact) mass is 180 g/mol. The van der Waals surface area contributed by atoms with Gasteiger partial charge < -0.3 is 5.11 Å². The lowest BCUT2D eigenvalue weighted by Crippen LogP contribution is -1.77. The molecular weight excluding hydrogens is 160 g/mol. The molecule has 1 nitrogen and oxygen atoms in total. The maximum absolute atomic E-state index is 8.54. The van der Waals surface area contributed by atoms with Gasteiger partial charge in [-0.3, -0.25) is 0 Å². The summed E-state index contributed by atoms with van der Waals surface area (Å²) in [7, 11) is 0. The molecule has 0 amide bonds. The van der Waals surface area contributed by atoms with Crippen LogP contribution in [0.3, 0.4) is 0 Å². The maximum Gasteiger partial charge on any atom is 0.0681 e. The van der Waals surface area contributed by atoms with Crippen LogP contribution in [0.2, 0.25) is 0 Å². The Morgan fingerprint density at radius 3 is 1.85 bits per heavy atom. The molecule has 0 heterocycles. The van der Waals surface area contributed by atoms with Crippen LogP contribution in [0.4, 0.5) is 0 Å². The van der Waals surface area contributed by atoms with Crippen LogP contribution < -0.4 is 0 Å². The van der Waals surface area contributed by atoms with Crippen molar-refractivity contribution in [3.05, 3.63) is 48.6 Å². The number of aliphatic hydroxyl groups excluding tert-OH is 1. The van der Waals surface area contributed by atoms with Gasteiger partial charge in [-0.2, -0.15) is 0 Å².